The smallest absolute Gasteiger partial charge is 0.230 e. The third-order valence-corrected chi connectivity index (χ3v) is 6.09. The van der Waals surface area contributed by atoms with Gasteiger partial charge in [-0.3, -0.25) is 4.79 Å². The van der Waals surface area contributed by atoms with Crippen molar-refractivity contribution in [3.63, 3.8) is 0 Å². The van der Waals surface area contributed by atoms with Crippen molar-refractivity contribution in [1.82, 2.24) is 14.9 Å². The van der Waals surface area contributed by atoms with Crippen LogP contribution in [0.25, 0.3) is 11.0 Å². The van der Waals surface area contributed by atoms with Crippen LogP contribution in [-0.4, -0.2) is 27.3 Å². The number of nitrogens with zero attached hydrogens (tertiary/aromatic N) is 2. The number of aryl methyl sites for hydroxylation is 1. The number of thioether (sulfide) groups is 1. The predicted molar refractivity (Wildman–Crippen MR) is 88.8 cm³/mol. The molecule has 4 nitrogen and oxygen atoms in total. The summed E-state index contributed by atoms with van der Waals surface area (Å²) >= 11 is 1.52. The van der Waals surface area contributed by atoms with Crippen LogP contribution in [0.2, 0.25) is 0 Å². The van der Waals surface area contributed by atoms with E-state index in [0.29, 0.717) is 11.8 Å². The van der Waals surface area contributed by atoms with E-state index in [1.54, 1.807) is 0 Å². The van der Waals surface area contributed by atoms with Crippen molar-refractivity contribution in [2.75, 3.05) is 5.75 Å². The van der Waals surface area contributed by atoms with E-state index < -0.39 is 0 Å². The van der Waals surface area contributed by atoms with Crippen molar-refractivity contribution < 1.29 is 4.79 Å². The second-order valence-electron chi connectivity index (χ2n) is 6.44. The van der Waals surface area contributed by atoms with Crippen molar-refractivity contribution in [2.45, 2.75) is 36.9 Å². The minimum absolute atomic E-state index is 0.149. The lowest BCUT2D eigenvalue weighted by molar-refractivity contribution is -0.118. The fourth-order valence-electron chi connectivity index (χ4n) is 3.82. The van der Waals surface area contributed by atoms with E-state index in [1.165, 1.54) is 37.4 Å². The summed E-state index contributed by atoms with van der Waals surface area (Å²) in [5.41, 5.74) is 2.10. The lowest BCUT2D eigenvalue weighted by Gasteiger charge is -2.04. The first kappa shape index (κ1) is 14.1. The van der Waals surface area contributed by atoms with Gasteiger partial charge < -0.3 is 9.88 Å². The number of para-hydroxylation sites is 2. The normalized spacial score (nSPS) is 26.7. The topological polar surface area (TPSA) is 46.9 Å². The number of hydrogen-bond donors (Lipinski definition) is 1. The number of aromatic nitrogens is 2. The molecule has 2 saturated carbocycles. The van der Waals surface area contributed by atoms with Gasteiger partial charge in [-0.05, 0) is 36.8 Å². The van der Waals surface area contributed by atoms with Crippen LogP contribution in [0.3, 0.4) is 0 Å². The zero-order valence-electron chi connectivity index (χ0n) is 12.8. The van der Waals surface area contributed by atoms with Crippen molar-refractivity contribution in [2.24, 2.45) is 18.9 Å². The SMILES string of the molecule is Cn1c(SCC(=O)NC2C3CCCCC32)nc2ccccc21. The van der Waals surface area contributed by atoms with Crippen LogP contribution in [0.4, 0.5) is 0 Å². The number of benzene rings is 1. The molecule has 0 bridgehead atoms. The molecular weight excluding hydrogens is 294 g/mol. The Labute approximate surface area is 134 Å². The molecule has 2 aromatic rings. The largest absolute Gasteiger partial charge is 0.352 e. The Bertz CT molecular complexity index is 699. The molecule has 1 heterocycles. The van der Waals surface area contributed by atoms with E-state index in [2.05, 4.69) is 20.9 Å². The van der Waals surface area contributed by atoms with Gasteiger partial charge >= 0.3 is 0 Å². The van der Waals surface area contributed by atoms with E-state index >= 15 is 0 Å². The molecule has 4 rings (SSSR count). The maximum absolute atomic E-state index is 12.2. The van der Waals surface area contributed by atoms with E-state index in [1.807, 2.05) is 25.2 Å². The first-order valence-electron chi connectivity index (χ1n) is 8.07. The summed E-state index contributed by atoms with van der Waals surface area (Å²) in [6.45, 7) is 0. The van der Waals surface area contributed by atoms with Gasteiger partial charge in [-0.1, -0.05) is 36.7 Å². The monoisotopic (exact) mass is 315 g/mol. The summed E-state index contributed by atoms with van der Waals surface area (Å²) in [6.07, 6.45) is 5.27. The van der Waals surface area contributed by atoms with Crippen molar-refractivity contribution in [3.8, 4) is 0 Å². The molecule has 2 aliphatic carbocycles. The van der Waals surface area contributed by atoms with Gasteiger partial charge in [-0.2, -0.15) is 0 Å². The van der Waals surface area contributed by atoms with E-state index in [9.17, 15) is 4.79 Å². The average Bonchev–Trinajstić information content (AvgIpc) is 3.13. The highest BCUT2D eigenvalue weighted by Gasteiger charge is 2.51. The molecule has 1 aromatic carbocycles. The summed E-state index contributed by atoms with van der Waals surface area (Å²) < 4.78 is 2.06. The quantitative estimate of drug-likeness (QED) is 0.882. The molecule has 22 heavy (non-hydrogen) atoms. The van der Waals surface area contributed by atoms with Gasteiger partial charge in [0, 0.05) is 13.1 Å². The number of hydrogen-bond acceptors (Lipinski definition) is 3. The van der Waals surface area contributed by atoms with Crippen molar-refractivity contribution in [3.05, 3.63) is 24.3 Å². The lowest BCUT2D eigenvalue weighted by Crippen LogP contribution is -2.29. The van der Waals surface area contributed by atoms with Crippen molar-refractivity contribution >= 4 is 28.7 Å². The predicted octanol–water partition coefficient (Wildman–Crippen LogP) is 2.97. The maximum atomic E-state index is 12.2. The molecule has 2 fully saturated rings. The molecule has 1 N–H and O–H groups in total. The number of amides is 1. The number of carbonyl (C=O) groups is 1. The Kier molecular flexibility index (Phi) is 3.60. The summed E-state index contributed by atoms with van der Waals surface area (Å²) in [6, 6.07) is 8.53. The Balaban J connectivity index is 1.35. The highest BCUT2D eigenvalue weighted by molar-refractivity contribution is 7.99. The number of carbonyl (C=O) groups excluding carboxylic acids is 1. The number of nitrogens with one attached hydrogen (secondary N) is 1. The molecule has 0 spiro atoms. The Hall–Kier alpha value is -1.49. The van der Waals surface area contributed by atoms with Gasteiger partial charge in [0.25, 0.3) is 0 Å². The number of imidazole rings is 1. The summed E-state index contributed by atoms with van der Waals surface area (Å²) in [5, 5.41) is 4.13. The van der Waals surface area contributed by atoms with Gasteiger partial charge in [0.05, 0.1) is 16.8 Å². The van der Waals surface area contributed by atoms with Crippen LogP contribution in [0.15, 0.2) is 29.4 Å². The standard InChI is InChI=1S/C17H21N3OS/c1-20-14-9-5-4-8-13(14)18-17(20)22-10-15(21)19-16-11-6-2-3-7-12(11)16/h4-5,8-9,11-12,16H,2-3,6-7,10H2,1H3,(H,19,21). The summed E-state index contributed by atoms with van der Waals surface area (Å²) in [4.78, 5) is 16.8. The third kappa shape index (κ3) is 2.51. The van der Waals surface area contributed by atoms with Crippen molar-refractivity contribution in [1.29, 1.82) is 0 Å². The molecule has 0 saturated heterocycles. The molecule has 2 atom stereocenters. The van der Waals surface area contributed by atoms with Crippen LogP contribution >= 0.6 is 11.8 Å². The molecular formula is C17H21N3OS. The highest BCUT2D eigenvalue weighted by atomic mass is 32.2. The molecule has 5 heteroatoms. The second kappa shape index (κ2) is 5.61. The van der Waals surface area contributed by atoms with Crippen LogP contribution in [-0.2, 0) is 11.8 Å². The van der Waals surface area contributed by atoms with Gasteiger partial charge in [0.15, 0.2) is 5.16 Å². The molecule has 1 aromatic heterocycles. The highest BCUT2D eigenvalue weighted by Crippen LogP contribution is 2.49. The zero-order chi connectivity index (χ0) is 15.1. The van der Waals surface area contributed by atoms with Crippen LogP contribution in [0.5, 0.6) is 0 Å². The first-order chi connectivity index (χ1) is 10.7. The molecule has 116 valence electrons. The lowest BCUT2D eigenvalue weighted by atomic mass is 10.0. The summed E-state index contributed by atoms with van der Waals surface area (Å²) in [5.74, 6) is 2.13. The minimum Gasteiger partial charge on any atom is -0.352 e. The molecule has 0 aliphatic heterocycles. The fraction of sp³-hybridized carbons (Fsp3) is 0.529. The fourth-order valence-corrected chi connectivity index (χ4v) is 4.62. The van der Waals surface area contributed by atoms with Crippen LogP contribution < -0.4 is 5.32 Å². The van der Waals surface area contributed by atoms with Gasteiger partial charge in [-0.15, -0.1) is 0 Å². The average molecular weight is 315 g/mol. The number of rotatable bonds is 4. The maximum Gasteiger partial charge on any atom is 0.230 e. The van der Waals surface area contributed by atoms with Gasteiger partial charge in [0.1, 0.15) is 0 Å². The minimum atomic E-state index is 0.149. The van der Waals surface area contributed by atoms with Crippen LogP contribution in [0, 0.1) is 11.8 Å². The van der Waals surface area contributed by atoms with E-state index in [0.717, 1.165) is 28.0 Å². The Morgan fingerprint density at radius 3 is 2.77 bits per heavy atom. The molecule has 0 radical (unpaired) electrons. The number of fused-ring (bicyclic) bond motifs is 2. The zero-order valence-corrected chi connectivity index (χ0v) is 13.6. The van der Waals surface area contributed by atoms with Crippen LogP contribution in [0.1, 0.15) is 25.7 Å². The first-order valence-corrected chi connectivity index (χ1v) is 9.06. The third-order valence-electron chi connectivity index (χ3n) is 5.06. The molecule has 2 aliphatic rings. The second-order valence-corrected chi connectivity index (χ2v) is 7.38. The van der Waals surface area contributed by atoms with E-state index in [-0.39, 0.29) is 5.91 Å². The molecule has 1 amide bonds. The molecule has 2 unspecified atom stereocenters. The van der Waals surface area contributed by atoms with Gasteiger partial charge in [-0.25, -0.2) is 4.98 Å². The Morgan fingerprint density at radius 1 is 1.32 bits per heavy atom. The Morgan fingerprint density at radius 2 is 2.05 bits per heavy atom. The summed E-state index contributed by atoms with van der Waals surface area (Å²) in [7, 11) is 2.00. The van der Waals surface area contributed by atoms with Gasteiger partial charge in [0.2, 0.25) is 5.91 Å². The van der Waals surface area contributed by atoms with E-state index in [4.69, 9.17) is 0 Å².